The number of nitrogens with zero attached hydrogens (tertiary/aromatic N) is 2. The minimum Gasteiger partial charge on any atom is -0.309 e. The van der Waals surface area contributed by atoms with E-state index in [0.717, 1.165) is 39.4 Å². The van der Waals surface area contributed by atoms with Crippen molar-refractivity contribution in [2.24, 2.45) is 0 Å². The minimum atomic E-state index is 1.10. The number of hydrogen-bond acceptors (Lipinski definition) is 2. The zero-order valence-corrected chi connectivity index (χ0v) is 37.4. The van der Waals surface area contributed by atoms with Crippen molar-refractivity contribution in [1.29, 1.82) is 0 Å². The first kappa shape index (κ1) is 38.9. The molecule has 0 amide bonds. The van der Waals surface area contributed by atoms with Crippen molar-refractivity contribution < 1.29 is 0 Å². The van der Waals surface area contributed by atoms with Crippen LogP contribution in [0.2, 0.25) is 0 Å². The van der Waals surface area contributed by atoms with Gasteiger partial charge in [0.05, 0.1) is 28.1 Å². The van der Waals surface area contributed by atoms with E-state index in [1.165, 1.54) is 80.6 Å². The van der Waals surface area contributed by atoms with E-state index in [9.17, 15) is 0 Å². The molecule has 0 aliphatic carbocycles. The minimum absolute atomic E-state index is 1.10. The lowest BCUT2D eigenvalue weighted by Crippen LogP contribution is -2.13. The molecule has 2 aromatic heterocycles. The Balaban J connectivity index is 1.09. The topological polar surface area (TPSA) is 8.17 Å². The molecule has 0 saturated heterocycles. The third kappa shape index (κ3) is 6.47. The number of hydrogen-bond donors (Lipinski definition) is 0. The van der Waals surface area contributed by atoms with Crippen molar-refractivity contribution in [3.63, 3.8) is 0 Å². The van der Waals surface area contributed by atoms with Crippen LogP contribution in [0.25, 0.3) is 103 Å². The fraction of sp³-hybridized carbons (Fsp3) is 0. The Kier molecular flexibility index (Phi) is 9.40. The monoisotopic (exact) mass is 870 g/mol. The van der Waals surface area contributed by atoms with Crippen LogP contribution < -0.4 is 4.90 Å². The Labute approximate surface area is 393 Å². The molecular formula is C64H42N2S. The molecule has 0 atom stereocenters. The Hall–Kier alpha value is -8.50. The highest BCUT2D eigenvalue weighted by atomic mass is 32.1. The molecule has 0 spiro atoms. The molecule has 3 heteroatoms. The van der Waals surface area contributed by atoms with Crippen LogP contribution in [-0.2, 0) is 0 Å². The number of rotatable bonds is 8. The van der Waals surface area contributed by atoms with E-state index < -0.39 is 0 Å². The Bertz CT molecular complexity index is 3990. The van der Waals surface area contributed by atoms with Crippen molar-refractivity contribution in [3.05, 3.63) is 255 Å². The van der Waals surface area contributed by atoms with Crippen LogP contribution in [0.15, 0.2) is 255 Å². The number of aromatic nitrogens is 1. The smallest absolute Gasteiger partial charge is 0.0541 e. The van der Waals surface area contributed by atoms with Gasteiger partial charge in [-0.2, -0.15) is 0 Å². The van der Waals surface area contributed by atoms with Crippen LogP contribution in [0.3, 0.4) is 0 Å². The predicted molar refractivity (Wildman–Crippen MR) is 288 cm³/mol. The van der Waals surface area contributed by atoms with E-state index >= 15 is 0 Å². The van der Waals surface area contributed by atoms with E-state index in [1.807, 2.05) is 11.3 Å². The molecule has 0 saturated carbocycles. The van der Waals surface area contributed by atoms with Gasteiger partial charge in [0.25, 0.3) is 0 Å². The van der Waals surface area contributed by atoms with E-state index in [2.05, 4.69) is 264 Å². The SMILES string of the molecule is c1ccc(-c2cccc3cccc(-c4ccccc4N(c4ccccc4-c4ccc5c(c4)c4ccccc4n5-c4ccccc4)c4ccccc4-c4cccc5c4sc4ccccc45)c23)cc1. The van der Waals surface area contributed by atoms with Gasteiger partial charge in [0.1, 0.15) is 0 Å². The summed E-state index contributed by atoms with van der Waals surface area (Å²) in [7, 11) is 0. The van der Waals surface area contributed by atoms with Gasteiger partial charge in [0, 0.05) is 58.9 Å². The summed E-state index contributed by atoms with van der Waals surface area (Å²) in [5.74, 6) is 0. The van der Waals surface area contributed by atoms with E-state index in [0.29, 0.717) is 0 Å². The molecular weight excluding hydrogens is 829 g/mol. The van der Waals surface area contributed by atoms with Crippen LogP contribution in [0.5, 0.6) is 0 Å². The largest absolute Gasteiger partial charge is 0.309 e. The van der Waals surface area contributed by atoms with E-state index in [1.54, 1.807) is 0 Å². The van der Waals surface area contributed by atoms with Gasteiger partial charge < -0.3 is 9.47 Å². The lowest BCUT2D eigenvalue weighted by Gasteiger charge is -2.32. The molecule has 11 aromatic carbocycles. The maximum atomic E-state index is 2.54. The molecule has 0 radical (unpaired) electrons. The summed E-state index contributed by atoms with van der Waals surface area (Å²) >= 11 is 1.88. The molecule has 13 aromatic rings. The first-order valence-corrected chi connectivity index (χ1v) is 23.7. The third-order valence-corrected chi connectivity index (χ3v) is 14.6. The number of para-hydroxylation sites is 5. The Morgan fingerprint density at radius 1 is 0.313 bits per heavy atom. The second-order valence-corrected chi connectivity index (χ2v) is 18.2. The van der Waals surface area contributed by atoms with Gasteiger partial charge in [-0.3, -0.25) is 0 Å². The van der Waals surface area contributed by atoms with Crippen molar-refractivity contribution in [3.8, 4) is 50.2 Å². The van der Waals surface area contributed by atoms with Crippen LogP contribution in [0.1, 0.15) is 0 Å². The van der Waals surface area contributed by atoms with Gasteiger partial charge in [0.2, 0.25) is 0 Å². The van der Waals surface area contributed by atoms with Crippen molar-refractivity contribution in [2.45, 2.75) is 0 Å². The Morgan fingerprint density at radius 3 is 1.60 bits per heavy atom. The van der Waals surface area contributed by atoms with Gasteiger partial charge in [0.15, 0.2) is 0 Å². The summed E-state index contributed by atoms with van der Waals surface area (Å²) in [5, 5.41) is 7.48. The third-order valence-electron chi connectivity index (χ3n) is 13.4. The maximum Gasteiger partial charge on any atom is 0.0541 e. The Morgan fingerprint density at radius 2 is 0.836 bits per heavy atom. The standard InChI is InChI=1S/C64H42N2S/c1-3-20-43(21-4-1)48-31-17-22-44-23-18-32-53(63(44)48)49-27-8-14-37-59(49)66(60-38-15-9-28-50(60)54-33-19-34-55-52-30-11-16-39-62(52)67-64(54)55)57-35-12-7-26-47(57)45-40-41-61-56(42-45)51-29-10-13-36-58(51)65(61)46-24-5-2-6-25-46/h1-42H. The molecule has 0 N–H and O–H groups in total. The number of anilines is 3. The summed E-state index contributed by atoms with van der Waals surface area (Å²) in [4.78, 5) is 2.54. The van der Waals surface area contributed by atoms with Crippen molar-refractivity contribution in [1.82, 2.24) is 4.57 Å². The summed E-state index contributed by atoms with van der Waals surface area (Å²) in [6, 6.07) is 93.3. The van der Waals surface area contributed by atoms with Gasteiger partial charge >= 0.3 is 0 Å². The van der Waals surface area contributed by atoms with Gasteiger partial charge in [-0.1, -0.05) is 200 Å². The molecule has 67 heavy (non-hydrogen) atoms. The summed E-state index contributed by atoms with van der Waals surface area (Å²) in [6.07, 6.45) is 0. The van der Waals surface area contributed by atoms with Crippen LogP contribution in [-0.4, -0.2) is 4.57 Å². The van der Waals surface area contributed by atoms with E-state index in [-0.39, 0.29) is 0 Å². The van der Waals surface area contributed by atoms with Crippen molar-refractivity contribution in [2.75, 3.05) is 4.90 Å². The molecule has 0 aliphatic rings. The summed E-state index contributed by atoms with van der Waals surface area (Å²) in [5.41, 5.74) is 16.3. The molecule has 2 heterocycles. The molecule has 314 valence electrons. The fourth-order valence-electron chi connectivity index (χ4n) is 10.5. The average molecular weight is 871 g/mol. The zero-order valence-electron chi connectivity index (χ0n) is 36.6. The molecule has 0 unspecified atom stereocenters. The van der Waals surface area contributed by atoms with Gasteiger partial charge in [-0.05, 0) is 87.6 Å². The lowest BCUT2D eigenvalue weighted by molar-refractivity contribution is 1.18. The quantitative estimate of drug-likeness (QED) is 0.148. The highest BCUT2D eigenvalue weighted by Crippen LogP contribution is 2.51. The van der Waals surface area contributed by atoms with Crippen molar-refractivity contribution >= 4 is 81.1 Å². The van der Waals surface area contributed by atoms with Crippen LogP contribution in [0, 0.1) is 0 Å². The second kappa shape index (κ2) is 16.2. The predicted octanol–water partition coefficient (Wildman–Crippen LogP) is 18.4. The zero-order chi connectivity index (χ0) is 44.3. The normalized spacial score (nSPS) is 11.6. The molecule has 0 bridgehead atoms. The highest BCUT2D eigenvalue weighted by molar-refractivity contribution is 7.26. The number of benzene rings is 11. The maximum absolute atomic E-state index is 2.54. The first-order chi connectivity index (χ1) is 33.3. The second-order valence-electron chi connectivity index (χ2n) is 17.2. The molecule has 2 nitrogen and oxygen atoms in total. The van der Waals surface area contributed by atoms with E-state index in [4.69, 9.17) is 0 Å². The molecule has 0 fully saturated rings. The summed E-state index contributed by atoms with van der Waals surface area (Å²) in [6.45, 7) is 0. The molecule has 13 rings (SSSR count). The number of fused-ring (bicyclic) bond motifs is 7. The average Bonchev–Trinajstić information content (AvgIpc) is 3.95. The van der Waals surface area contributed by atoms with Crippen LogP contribution in [0.4, 0.5) is 17.1 Å². The number of thiophene rings is 1. The van der Waals surface area contributed by atoms with Crippen LogP contribution >= 0.6 is 11.3 Å². The summed E-state index contributed by atoms with van der Waals surface area (Å²) < 4.78 is 4.98. The molecule has 0 aliphatic heterocycles. The lowest BCUT2D eigenvalue weighted by atomic mass is 9.90. The first-order valence-electron chi connectivity index (χ1n) is 22.9. The fourth-order valence-corrected chi connectivity index (χ4v) is 11.7. The highest BCUT2D eigenvalue weighted by Gasteiger charge is 2.25. The van der Waals surface area contributed by atoms with Gasteiger partial charge in [-0.15, -0.1) is 11.3 Å². The van der Waals surface area contributed by atoms with Gasteiger partial charge in [-0.25, -0.2) is 0 Å².